The number of aromatic nitrogens is 1. The van der Waals surface area contributed by atoms with Gasteiger partial charge < -0.3 is 5.73 Å². The normalized spacial score (nSPS) is 17.5. The molecule has 0 spiro atoms. The van der Waals surface area contributed by atoms with E-state index in [9.17, 15) is 0 Å². The summed E-state index contributed by atoms with van der Waals surface area (Å²) in [5.41, 5.74) is 8.29. The van der Waals surface area contributed by atoms with Crippen LogP contribution in [-0.4, -0.2) is 66.3 Å². The molecule has 2 N–H and O–H groups in total. The van der Waals surface area contributed by atoms with Crippen molar-refractivity contribution in [3.63, 3.8) is 0 Å². The molecule has 134 valence electrons. The van der Waals surface area contributed by atoms with Gasteiger partial charge in [-0.25, -0.2) is 0 Å². The van der Waals surface area contributed by atoms with Gasteiger partial charge >= 0.3 is 0 Å². The highest BCUT2D eigenvalue weighted by Crippen LogP contribution is 2.35. The van der Waals surface area contributed by atoms with Crippen LogP contribution in [-0.2, 0) is 0 Å². The van der Waals surface area contributed by atoms with Crippen molar-refractivity contribution in [1.82, 2.24) is 14.8 Å². The molecule has 0 amide bonds. The SMILES string of the molecule is NCCN1CCN(CCSC(c2ccccc2)c2cccnc2)CC1. The van der Waals surface area contributed by atoms with Crippen molar-refractivity contribution in [3.8, 4) is 0 Å². The smallest absolute Gasteiger partial charge is 0.0562 e. The fourth-order valence-electron chi connectivity index (χ4n) is 3.26. The van der Waals surface area contributed by atoms with Crippen molar-refractivity contribution in [1.29, 1.82) is 0 Å². The van der Waals surface area contributed by atoms with Gasteiger partial charge in [0.05, 0.1) is 5.25 Å². The van der Waals surface area contributed by atoms with Crippen LogP contribution in [0.5, 0.6) is 0 Å². The van der Waals surface area contributed by atoms with E-state index in [-0.39, 0.29) is 0 Å². The third kappa shape index (κ3) is 5.54. The van der Waals surface area contributed by atoms with Gasteiger partial charge in [0.25, 0.3) is 0 Å². The number of pyridine rings is 1. The van der Waals surface area contributed by atoms with Gasteiger partial charge in [-0.15, -0.1) is 11.8 Å². The molecule has 1 aromatic heterocycles. The first-order valence-corrected chi connectivity index (χ1v) is 10.1. The summed E-state index contributed by atoms with van der Waals surface area (Å²) in [5.74, 6) is 1.13. The summed E-state index contributed by atoms with van der Waals surface area (Å²) in [6.07, 6.45) is 3.84. The topological polar surface area (TPSA) is 45.4 Å². The first-order chi connectivity index (χ1) is 12.4. The first kappa shape index (κ1) is 18.4. The van der Waals surface area contributed by atoms with Crippen LogP contribution in [0.3, 0.4) is 0 Å². The number of benzene rings is 1. The third-order valence-electron chi connectivity index (χ3n) is 4.69. The lowest BCUT2D eigenvalue weighted by molar-refractivity contribution is 0.141. The molecule has 1 aromatic carbocycles. The average Bonchev–Trinajstić information content (AvgIpc) is 2.68. The van der Waals surface area contributed by atoms with E-state index in [2.05, 4.69) is 51.2 Å². The number of thioether (sulfide) groups is 1. The summed E-state index contributed by atoms with van der Waals surface area (Å²) in [6, 6.07) is 15.0. The second-order valence-corrected chi connectivity index (χ2v) is 7.63. The number of hydrogen-bond acceptors (Lipinski definition) is 5. The predicted molar refractivity (Wildman–Crippen MR) is 107 cm³/mol. The van der Waals surface area contributed by atoms with E-state index in [1.54, 1.807) is 0 Å². The number of nitrogens with zero attached hydrogens (tertiary/aromatic N) is 3. The minimum absolute atomic E-state index is 0.355. The highest BCUT2D eigenvalue weighted by molar-refractivity contribution is 7.99. The maximum Gasteiger partial charge on any atom is 0.0562 e. The number of hydrogen-bond donors (Lipinski definition) is 1. The van der Waals surface area contributed by atoms with Crippen LogP contribution < -0.4 is 5.73 Å². The molecule has 1 fully saturated rings. The van der Waals surface area contributed by atoms with Gasteiger partial charge in [-0.2, -0.15) is 0 Å². The zero-order valence-electron chi connectivity index (χ0n) is 14.8. The van der Waals surface area contributed by atoms with Crippen LogP contribution in [0.1, 0.15) is 16.4 Å². The van der Waals surface area contributed by atoms with Crippen molar-refractivity contribution < 1.29 is 0 Å². The summed E-state index contributed by atoms with van der Waals surface area (Å²) in [4.78, 5) is 9.35. The zero-order chi connectivity index (χ0) is 17.3. The molecule has 25 heavy (non-hydrogen) atoms. The minimum atomic E-state index is 0.355. The molecule has 0 saturated carbocycles. The molecule has 3 rings (SSSR count). The minimum Gasteiger partial charge on any atom is -0.329 e. The van der Waals surface area contributed by atoms with E-state index in [0.717, 1.165) is 51.6 Å². The molecule has 4 nitrogen and oxygen atoms in total. The van der Waals surface area contributed by atoms with Gasteiger partial charge in [-0.3, -0.25) is 14.8 Å². The van der Waals surface area contributed by atoms with E-state index in [1.807, 2.05) is 30.2 Å². The zero-order valence-corrected chi connectivity index (χ0v) is 15.6. The lowest BCUT2D eigenvalue weighted by atomic mass is 10.1. The van der Waals surface area contributed by atoms with Crippen molar-refractivity contribution in [2.75, 3.05) is 51.6 Å². The Morgan fingerprint density at radius 1 is 0.920 bits per heavy atom. The van der Waals surface area contributed by atoms with Crippen LogP contribution in [0.4, 0.5) is 0 Å². The lowest BCUT2D eigenvalue weighted by Crippen LogP contribution is -2.48. The highest BCUT2D eigenvalue weighted by Gasteiger charge is 2.18. The van der Waals surface area contributed by atoms with Crippen LogP contribution in [0.2, 0.25) is 0 Å². The Kier molecular flexibility index (Phi) is 7.30. The molecule has 1 saturated heterocycles. The molecule has 1 atom stereocenters. The van der Waals surface area contributed by atoms with Gasteiger partial charge in [0, 0.05) is 64.0 Å². The fourth-order valence-corrected chi connectivity index (χ4v) is 4.54. The van der Waals surface area contributed by atoms with Gasteiger partial charge in [0.1, 0.15) is 0 Å². The third-order valence-corrected chi connectivity index (χ3v) is 5.99. The molecular formula is C20H28N4S. The molecule has 1 aliphatic rings. The van der Waals surface area contributed by atoms with E-state index in [1.165, 1.54) is 11.1 Å². The Labute approximate surface area is 155 Å². The number of nitrogens with two attached hydrogens (primary N) is 1. The Morgan fingerprint density at radius 2 is 1.60 bits per heavy atom. The molecule has 1 aliphatic heterocycles. The maximum absolute atomic E-state index is 5.65. The summed E-state index contributed by atoms with van der Waals surface area (Å²) >= 11 is 2.02. The molecule has 0 aliphatic carbocycles. The Bertz CT molecular complexity index is 560. The van der Waals surface area contributed by atoms with Crippen LogP contribution in [0.25, 0.3) is 0 Å². The van der Waals surface area contributed by atoms with Gasteiger partial charge in [-0.05, 0) is 17.2 Å². The van der Waals surface area contributed by atoms with Crippen LogP contribution in [0.15, 0.2) is 54.9 Å². The van der Waals surface area contributed by atoms with Crippen LogP contribution >= 0.6 is 11.8 Å². The van der Waals surface area contributed by atoms with E-state index >= 15 is 0 Å². The Balaban J connectivity index is 1.54. The number of rotatable bonds is 8. The Hall–Kier alpha value is -1.40. The quantitative estimate of drug-likeness (QED) is 0.787. The molecular weight excluding hydrogens is 328 g/mol. The van der Waals surface area contributed by atoms with Crippen molar-refractivity contribution in [2.45, 2.75) is 5.25 Å². The van der Waals surface area contributed by atoms with Crippen molar-refractivity contribution in [3.05, 3.63) is 66.0 Å². The Morgan fingerprint density at radius 3 is 2.24 bits per heavy atom. The lowest BCUT2D eigenvalue weighted by Gasteiger charge is -2.34. The van der Waals surface area contributed by atoms with Crippen molar-refractivity contribution in [2.24, 2.45) is 5.73 Å². The molecule has 0 bridgehead atoms. The summed E-state index contributed by atoms with van der Waals surface area (Å²) in [7, 11) is 0. The van der Waals surface area contributed by atoms with Crippen molar-refractivity contribution >= 4 is 11.8 Å². The summed E-state index contributed by atoms with van der Waals surface area (Å²) in [6.45, 7) is 7.54. The van der Waals surface area contributed by atoms with Gasteiger partial charge in [0.2, 0.25) is 0 Å². The van der Waals surface area contributed by atoms with E-state index in [4.69, 9.17) is 5.73 Å². The van der Waals surface area contributed by atoms with E-state index < -0.39 is 0 Å². The molecule has 5 heteroatoms. The average molecular weight is 357 g/mol. The largest absolute Gasteiger partial charge is 0.329 e. The van der Waals surface area contributed by atoms with Gasteiger partial charge in [-0.1, -0.05) is 36.4 Å². The maximum atomic E-state index is 5.65. The molecule has 0 radical (unpaired) electrons. The van der Waals surface area contributed by atoms with E-state index in [0.29, 0.717) is 5.25 Å². The molecule has 2 aromatic rings. The second-order valence-electron chi connectivity index (χ2n) is 6.42. The summed E-state index contributed by atoms with van der Waals surface area (Å²) in [5, 5.41) is 0.355. The van der Waals surface area contributed by atoms with Crippen LogP contribution in [0, 0.1) is 0 Å². The fraction of sp³-hybridized carbons (Fsp3) is 0.450. The first-order valence-electron chi connectivity index (χ1n) is 9.08. The predicted octanol–water partition coefficient (Wildman–Crippen LogP) is 2.48. The second kappa shape index (κ2) is 9.92. The monoisotopic (exact) mass is 356 g/mol. The summed E-state index contributed by atoms with van der Waals surface area (Å²) < 4.78 is 0. The standard InChI is InChI=1S/C20H28N4S/c21-8-10-23-11-13-24(14-12-23)15-16-25-20(18-5-2-1-3-6-18)19-7-4-9-22-17-19/h1-7,9,17,20H,8,10-16,21H2. The highest BCUT2D eigenvalue weighted by atomic mass is 32.2. The van der Waals surface area contributed by atoms with Gasteiger partial charge in [0.15, 0.2) is 0 Å². The molecule has 1 unspecified atom stereocenters. The number of piperazine rings is 1. The molecule has 2 heterocycles.